The molecule has 1 aromatic carbocycles. The quantitative estimate of drug-likeness (QED) is 0.325. The highest BCUT2D eigenvalue weighted by molar-refractivity contribution is 7.80. The Labute approximate surface area is 160 Å². The van der Waals surface area contributed by atoms with Gasteiger partial charge in [0.25, 0.3) is 0 Å². The second-order valence-electron chi connectivity index (χ2n) is 4.77. The highest BCUT2D eigenvalue weighted by atomic mass is 32.3. The summed E-state index contributed by atoms with van der Waals surface area (Å²) < 4.78 is 37.7. The largest absolute Gasteiger partial charge is 0.726 e. The molecule has 0 aliphatic rings. The van der Waals surface area contributed by atoms with Crippen LogP contribution in [0.4, 0.5) is 15.6 Å². The molecule has 0 saturated carbocycles. The number of rotatable bonds is 5. The summed E-state index contributed by atoms with van der Waals surface area (Å²) >= 11 is 1.43. The lowest BCUT2D eigenvalue weighted by Gasteiger charge is -2.04. The van der Waals surface area contributed by atoms with E-state index in [0.717, 1.165) is 12.2 Å². The van der Waals surface area contributed by atoms with Crippen LogP contribution in [0.25, 0.3) is 0 Å². The van der Waals surface area contributed by atoms with Crippen molar-refractivity contribution in [3.8, 4) is 0 Å². The molecule has 0 saturated heterocycles. The molecule has 2 aromatic rings. The summed E-state index contributed by atoms with van der Waals surface area (Å²) in [5.41, 5.74) is 1.05. The van der Waals surface area contributed by atoms with Crippen LogP contribution in [-0.2, 0) is 26.4 Å². The van der Waals surface area contributed by atoms with Gasteiger partial charge in [-0.3, -0.25) is 9.50 Å². The van der Waals surface area contributed by atoms with Crippen molar-refractivity contribution in [3.05, 3.63) is 41.4 Å². The minimum atomic E-state index is -4.41. The smallest absolute Gasteiger partial charge is 0.411 e. The number of aromatic nitrogens is 1. The van der Waals surface area contributed by atoms with Crippen LogP contribution in [0.2, 0.25) is 0 Å². The van der Waals surface area contributed by atoms with E-state index in [1.807, 2.05) is 23.2 Å². The molecule has 148 valence electrons. The second kappa shape index (κ2) is 10.6. The molecule has 1 heterocycles. The highest BCUT2D eigenvalue weighted by Gasteiger charge is 2.14. The Hall–Kier alpha value is -2.54. The molecule has 1 aromatic heterocycles. The number of ether oxygens (including phenoxy) is 1. The fourth-order valence-corrected chi connectivity index (χ4v) is 2.37. The molecule has 0 fully saturated rings. The summed E-state index contributed by atoms with van der Waals surface area (Å²) in [6.45, 7) is 2.09. The van der Waals surface area contributed by atoms with Gasteiger partial charge >= 0.3 is 17.1 Å². The van der Waals surface area contributed by atoms with Crippen LogP contribution in [0.15, 0.2) is 35.8 Å². The van der Waals surface area contributed by atoms with E-state index in [1.54, 1.807) is 31.2 Å². The molecule has 0 unspecified atom stereocenters. The molecule has 12 heteroatoms. The summed E-state index contributed by atoms with van der Waals surface area (Å²) in [5.74, 6) is -0.376. The van der Waals surface area contributed by atoms with Crippen LogP contribution in [-0.4, -0.2) is 38.7 Å². The van der Waals surface area contributed by atoms with Gasteiger partial charge in [-0.15, -0.1) is 0 Å². The number of esters is 1. The number of thiazole rings is 1. The molecule has 0 spiro atoms. The Morgan fingerprint density at radius 3 is 2.26 bits per heavy atom. The Kier molecular flexibility index (Phi) is 8.81. The predicted octanol–water partition coefficient (Wildman–Crippen LogP) is 1.49. The molecule has 2 rings (SSSR count). The topological polar surface area (TPSA) is 138 Å². The van der Waals surface area contributed by atoms with Gasteiger partial charge in [0, 0.05) is 11.1 Å². The number of hydrogen-bond donors (Lipinski definition) is 2. The average Bonchev–Trinajstić information content (AvgIpc) is 3.00. The number of nitrogens with one attached hydrogen (secondary N) is 2. The molecule has 10 nitrogen and oxygen atoms in total. The van der Waals surface area contributed by atoms with Crippen molar-refractivity contribution < 1.29 is 36.0 Å². The molecule has 2 amide bonds. The van der Waals surface area contributed by atoms with E-state index in [1.165, 1.54) is 11.3 Å². The number of carbonyl (C=O) groups is 2. The van der Waals surface area contributed by atoms with E-state index in [0.29, 0.717) is 17.9 Å². The van der Waals surface area contributed by atoms with Gasteiger partial charge in [0.15, 0.2) is 0 Å². The van der Waals surface area contributed by atoms with Crippen molar-refractivity contribution in [2.24, 2.45) is 7.05 Å². The number of nitrogens with zero attached hydrogens (tertiary/aromatic N) is 1. The van der Waals surface area contributed by atoms with Gasteiger partial charge in [0.2, 0.25) is 10.4 Å². The van der Waals surface area contributed by atoms with Crippen molar-refractivity contribution in [1.29, 1.82) is 0 Å². The molecule has 0 atom stereocenters. The summed E-state index contributed by atoms with van der Waals surface area (Å²) in [4.78, 5) is 23.3. The summed E-state index contributed by atoms with van der Waals surface area (Å²) in [6.07, 6.45) is 1.86. The first-order valence-electron chi connectivity index (χ1n) is 7.46. The van der Waals surface area contributed by atoms with E-state index in [4.69, 9.17) is 4.74 Å². The van der Waals surface area contributed by atoms with Gasteiger partial charge in [-0.2, -0.15) is 5.32 Å². The Balaban J connectivity index is 0.000000527. The first-order valence-corrected chi connectivity index (χ1v) is 9.67. The van der Waals surface area contributed by atoms with E-state index in [9.17, 15) is 22.6 Å². The number of amides is 2. The SMILES string of the molecule is CCOC(=O)c1ccc(NC(=O)Nc2scc[n+]2C)cc1.COS(=O)(=O)[O-]. The van der Waals surface area contributed by atoms with Crippen LogP contribution >= 0.6 is 11.3 Å². The van der Waals surface area contributed by atoms with Crippen molar-refractivity contribution >= 4 is 44.6 Å². The molecular formula is C15H19N3O7S2. The number of carbonyl (C=O) groups excluding carboxylic acids is 2. The first kappa shape index (κ1) is 22.5. The van der Waals surface area contributed by atoms with Crippen LogP contribution in [0.5, 0.6) is 0 Å². The van der Waals surface area contributed by atoms with Crippen LogP contribution in [0.1, 0.15) is 17.3 Å². The molecule has 0 bridgehead atoms. The van der Waals surface area contributed by atoms with Gasteiger partial charge < -0.3 is 9.29 Å². The number of urea groups is 1. The average molecular weight is 417 g/mol. The maximum absolute atomic E-state index is 11.8. The third kappa shape index (κ3) is 8.59. The maximum Gasteiger partial charge on any atom is 0.411 e. The normalized spacial score (nSPS) is 10.4. The maximum atomic E-state index is 11.8. The molecule has 2 N–H and O–H groups in total. The Morgan fingerprint density at radius 1 is 1.22 bits per heavy atom. The minimum Gasteiger partial charge on any atom is -0.726 e. The van der Waals surface area contributed by atoms with Crippen LogP contribution in [0.3, 0.4) is 0 Å². The Bertz CT molecular complexity index is 864. The van der Waals surface area contributed by atoms with Crippen LogP contribution < -0.4 is 15.2 Å². The third-order valence-electron chi connectivity index (χ3n) is 2.86. The number of anilines is 2. The second-order valence-corrected chi connectivity index (χ2v) is 6.82. The van der Waals surface area contributed by atoms with E-state index in [-0.39, 0.29) is 12.0 Å². The van der Waals surface area contributed by atoms with Gasteiger partial charge in [-0.05, 0) is 31.2 Å². The molecular weight excluding hydrogens is 398 g/mol. The minimum absolute atomic E-state index is 0.332. The van der Waals surface area contributed by atoms with E-state index in [2.05, 4.69) is 14.8 Å². The zero-order chi connectivity index (χ0) is 20.4. The van der Waals surface area contributed by atoms with E-state index >= 15 is 0 Å². The monoisotopic (exact) mass is 417 g/mol. The zero-order valence-corrected chi connectivity index (χ0v) is 16.4. The summed E-state index contributed by atoms with van der Waals surface area (Å²) in [6, 6.07) is 6.19. The van der Waals surface area contributed by atoms with Gasteiger partial charge in [-0.1, -0.05) is 11.3 Å². The molecule has 0 aliphatic carbocycles. The number of aryl methyl sites for hydroxylation is 1. The first-order chi connectivity index (χ1) is 12.7. The zero-order valence-electron chi connectivity index (χ0n) is 14.8. The molecule has 0 radical (unpaired) electrons. The van der Waals surface area contributed by atoms with E-state index < -0.39 is 10.4 Å². The Morgan fingerprint density at radius 2 is 1.81 bits per heavy atom. The predicted molar refractivity (Wildman–Crippen MR) is 97.2 cm³/mol. The van der Waals surface area contributed by atoms with Crippen molar-refractivity contribution in [2.45, 2.75) is 6.92 Å². The standard InChI is InChI=1S/C14H15N3O3S.CH4O4S/c1-3-20-12(18)10-4-6-11(7-5-10)15-13(19)16-14-17(2)8-9-21-14;1-5-6(2,3)4/h4-9H,3H2,1-2H3,(H,15,18,19);1H3,(H,2,3,4). The van der Waals surface area contributed by atoms with Crippen LogP contribution in [0, 0.1) is 0 Å². The fraction of sp³-hybridized carbons (Fsp3) is 0.267. The number of benzene rings is 1. The lowest BCUT2D eigenvalue weighted by Crippen LogP contribution is -2.32. The highest BCUT2D eigenvalue weighted by Crippen LogP contribution is 2.12. The number of hydrogen-bond acceptors (Lipinski definition) is 8. The lowest BCUT2D eigenvalue weighted by atomic mass is 10.2. The summed E-state index contributed by atoms with van der Waals surface area (Å²) in [5, 5.41) is 8.04. The summed E-state index contributed by atoms with van der Waals surface area (Å²) in [7, 11) is -1.76. The molecule has 27 heavy (non-hydrogen) atoms. The fourth-order valence-electron chi connectivity index (χ4n) is 1.62. The van der Waals surface area contributed by atoms with Gasteiger partial charge in [0.05, 0.1) is 26.3 Å². The van der Waals surface area contributed by atoms with Crippen molar-refractivity contribution in [3.63, 3.8) is 0 Å². The van der Waals surface area contributed by atoms with Crippen molar-refractivity contribution in [1.82, 2.24) is 0 Å². The lowest BCUT2D eigenvalue weighted by molar-refractivity contribution is -0.652. The van der Waals surface area contributed by atoms with Gasteiger partial charge in [-0.25, -0.2) is 22.6 Å². The van der Waals surface area contributed by atoms with Crippen molar-refractivity contribution in [2.75, 3.05) is 24.4 Å². The third-order valence-corrected chi connectivity index (χ3v) is 4.14. The van der Waals surface area contributed by atoms with Gasteiger partial charge in [0.1, 0.15) is 6.20 Å². The molecule has 0 aliphatic heterocycles.